The highest BCUT2D eigenvalue weighted by Crippen LogP contribution is 2.18. The van der Waals surface area contributed by atoms with Crippen LogP contribution in [0.5, 0.6) is 0 Å². The van der Waals surface area contributed by atoms with Gasteiger partial charge in [-0.1, -0.05) is 0 Å². The van der Waals surface area contributed by atoms with Gasteiger partial charge in [-0.25, -0.2) is 12.7 Å². The SMILES string of the molecule is CCOCCN(C)S(=O)(=O)CCNC1CC1. The molecular formula is C10H22N2O3S. The highest BCUT2D eigenvalue weighted by Gasteiger charge is 2.22. The number of hydrogen-bond acceptors (Lipinski definition) is 4. The zero-order chi connectivity index (χ0) is 12.0. The third-order valence-corrected chi connectivity index (χ3v) is 4.45. The zero-order valence-corrected chi connectivity index (χ0v) is 10.9. The lowest BCUT2D eigenvalue weighted by atomic mass is 10.6. The fraction of sp³-hybridized carbons (Fsp3) is 1.00. The zero-order valence-electron chi connectivity index (χ0n) is 10.1. The summed E-state index contributed by atoms with van der Waals surface area (Å²) in [6.45, 7) is 3.96. The first kappa shape index (κ1) is 13.9. The normalized spacial score (nSPS) is 16.9. The van der Waals surface area contributed by atoms with Crippen LogP contribution in [0.25, 0.3) is 0 Å². The van der Waals surface area contributed by atoms with Gasteiger partial charge in [0.1, 0.15) is 0 Å². The first-order valence-electron chi connectivity index (χ1n) is 5.81. The maximum absolute atomic E-state index is 11.8. The summed E-state index contributed by atoms with van der Waals surface area (Å²) in [6, 6.07) is 0.559. The van der Waals surface area contributed by atoms with E-state index in [-0.39, 0.29) is 5.75 Å². The van der Waals surface area contributed by atoms with Crippen LogP contribution in [0.15, 0.2) is 0 Å². The van der Waals surface area contributed by atoms with Crippen LogP contribution in [-0.2, 0) is 14.8 Å². The van der Waals surface area contributed by atoms with Crippen LogP contribution < -0.4 is 5.32 Å². The van der Waals surface area contributed by atoms with E-state index in [4.69, 9.17) is 4.74 Å². The highest BCUT2D eigenvalue weighted by molar-refractivity contribution is 7.89. The van der Waals surface area contributed by atoms with Crippen LogP contribution in [0.1, 0.15) is 19.8 Å². The minimum atomic E-state index is -3.12. The van der Waals surface area contributed by atoms with Crippen molar-refractivity contribution in [3.8, 4) is 0 Å². The fourth-order valence-corrected chi connectivity index (χ4v) is 2.35. The summed E-state index contributed by atoms with van der Waals surface area (Å²) in [7, 11) is -1.52. The van der Waals surface area contributed by atoms with Crippen LogP contribution >= 0.6 is 0 Å². The van der Waals surface area contributed by atoms with E-state index in [2.05, 4.69) is 5.32 Å². The number of sulfonamides is 1. The predicted molar refractivity (Wildman–Crippen MR) is 63.9 cm³/mol. The standard InChI is InChI=1S/C10H22N2O3S/c1-3-15-8-7-12(2)16(13,14)9-6-11-10-4-5-10/h10-11H,3-9H2,1-2H3. The van der Waals surface area contributed by atoms with Gasteiger partial charge in [0.15, 0.2) is 0 Å². The lowest BCUT2D eigenvalue weighted by Gasteiger charge is -2.17. The smallest absolute Gasteiger partial charge is 0.215 e. The summed E-state index contributed by atoms with van der Waals surface area (Å²) in [4.78, 5) is 0. The van der Waals surface area contributed by atoms with Crippen molar-refractivity contribution in [1.29, 1.82) is 0 Å². The van der Waals surface area contributed by atoms with Gasteiger partial charge in [-0.2, -0.15) is 0 Å². The molecule has 1 N–H and O–H groups in total. The van der Waals surface area contributed by atoms with Crippen molar-refractivity contribution < 1.29 is 13.2 Å². The number of likely N-dealkylation sites (N-methyl/N-ethyl adjacent to an activating group) is 1. The van der Waals surface area contributed by atoms with Crippen molar-refractivity contribution in [2.24, 2.45) is 0 Å². The monoisotopic (exact) mass is 250 g/mol. The van der Waals surface area contributed by atoms with E-state index in [0.717, 1.165) is 0 Å². The molecule has 5 nitrogen and oxygen atoms in total. The van der Waals surface area contributed by atoms with E-state index in [1.165, 1.54) is 17.1 Å². The maximum atomic E-state index is 11.8. The largest absolute Gasteiger partial charge is 0.380 e. The number of rotatable bonds is 9. The second kappa shape index (κ2) is 6.54. The average molecular weight is 250 g/mol. The Bertz CT molecular complexity index is 288. The summed E-state index contributed by atoms with van der Waals surface area (Å²) in [6.07, 6.45) is 2.36. The Balaban J connectivity index is 2.18. The summed E-state index contributed by atoms with van der Waals surface area (Å²) in [5.74, 6) is 0.173. The molecule has 0 aliphatic heterocycles. The van der Waals surface area contributed by atoms with Crippen LogP contribution in [0.3, 0.4) is 0 Å². The molecular weight excluding hydrogens is 228 g/mol. The first-order valence-corrected chi connectivity index (χ1v) is 7.42. The molecule has 1 aliphatic carbocycles. The van der Waals surface area contributed by atoms with Gasteiger partial charge >= 0.3 is 0 Å². The number of nitrogens with one attached hydrogen (secondary N) is 1. The second-order valence-corrected chi connectivity index (χ2v) is 6.26. The molecule has 0 aromatic rings. The van der Waals surface area contributed by atoms with Gasteiger partial charge in [-0.15, -0.1) is 0 Å². The molecule has 96 valence electrons. The predicted octanol–water partition coefficient (Wildman–Crippen LogP) is 0.0365. The first-order chi connectivity index (χ1) is 7.56. The van der Waals surface area contributed by atoms with Crippen molar-refractivity contribution in [2.45, 2.75) is 25.8 Å². The minimum Gasteiger partial charge on any atom is -0.380 e. The van der Waals surface area contributed by atoms with Gasteiger partial charge in [-0.05, 0) is 19.8 Å². The third kappa shape index (κ3) is 5.25. The van der Waals surface area contributed by atoms with Gasteiger partial charge in [0.2, 0.25) is 10.0 Å². The third-order valence-electron chi connectivity index (χ3n) is 2.60. The van der Waals surface area contributed by atoms with Crippen molar-refractivity contribution in [3.05, 3.63) is 0 Å². The quantitative estimate of drug-likeness (QED) is 0.587. The molecule has 0 radical (unpaired) electrons. The molecule has 0 aromatic carbocycles. The molecule has 1 saturated carbocycles. The van der Waals surface area contributed by atoms with Crippen LogP contribution in [0.2, 0.25) is 0 Å². The molecule has 16 heavy (non-hydrogen) atoms. The molecule has 0 heterocycles. The van der Waals surface area contributed by atoms with Gasteiger partial charge < -0.3 is 10.1 Å². The van der Waals surface area contributed by atoms with Gasteiger partial charge in [0, 0.05) is 32.8 Å². The summed E-state index contributed by atoms with van der Waals surface area (Å²) < 4.78 is 30.0. The van der Waals surface area contributed by atoms with Crippen molar-refractivity contribution in [1.82, 2.24) is 9.62 Å². The van der Waals surface area contributed by atoms with Gasteiger partial charge in [0.25, 0.3) is 0 Å². The average Bonchev–Trinajstić information content (AvgIpc) is 3.01. The Kier molecular flexibility index (Phi) is 5.68. The summed E-state index contributed by atoms with van der Waals surface area (Å²) >= 11 is 0. The lowest BCUT2D eigenvalue weighted by molar-refractivity contribution is 0.138. The van der Waals surface area contributed by atoms with E-state index < -0.39 is 10.0 Å². The lowest BCUT2D eigenvalue weighted by Crippen LogP contribution is -2.36. The second-order valence-electron chi connectivity index (χ2n) is 4.06. The molecule has 1 aliphatic rings. The van der Waals surface area contributed by atoms with E-state index in [9.17, 15) is 8.42 Å². The molecule has 0 saturated heterocycles. The Hall–Kier alpha value is -0.170. The Morgan fingerprint density at radius 3 is 2.69 bits per heavy atom. The van der Waals surface area contributed by atoms with E-state index in [0.29, 0.717) is 32.3 Å². The fourth-order valence-electron chi connectivity index (χ4n) is 1.31. The van der Waals surface area contributed by atoms with E-state index in [1.54, 1.807) is 7.05 Å². The van der Waals surface area contributed by atoms with E-state index in [1.807, 2.05) is 6.92 Å². The van der Waals surface area contributed by atoms with Gasteiger partial charge in [0.05, 0.1) is 12.4 Å². The van der Waals surface area contributed by atoms with E-state index >= 15 is 0 Å². The van der Waals surface area contributed by atoms with Crippen LogP contribution in [-0.4, -0.2) is 57.9 Å². The number of hydrogen-bond donors (Lipinski definition) is 1. The van der Waals surface area contributed by atoms with Crippen LogP contribution in [0.4, 0.5) is 0 Å². The Morgan fingerprint density at radius 1 is 1.44 bits per heavy atom. The molecule has 0 atom stereocenters. The van der Waals surface area contributed by atoms with Crippen molar-refractivity contribution in [2.75, 3.05) is 39.1 Å². The molecule has 6 heteroatoms. The molecule has 0 unspecified atom stereocenters. The minimum absolute atomic E-state index is 0.173. The molecule has 0 spiro atoms. The number of nitrogens with zero attached hydrogens (tertiary/aromatic N) is 1. The van der Waals surface area contributed by atoms with Crippen LogP contribution in [0, 0.1) is 0 Å². The summed E-state index contributed by atoms with van der Waals surface area (Å²) in [5, 5.41) is 3.20. The summed E-state index contributed by atoms with van der Waals surface area (Å²) in [5.41, 5.74) is 0. The van der Waals surface area contributed by atoms with Crippen molar-refractivity contribution >= 4 is 10.0 Å². The molecule has 0 bridgehead atoms. The topological polar surface area (TPSA) is 58.6 Å². The van der Waals surface area contributed by atoms with Gasteiger partial charge in [-0.3, -0.25) is 0 Å². The molecule has 0 amide bonds. The molecule has 1 rings (SSSR count). The Morgan fingerprint density at radius 2 is 2.12 bits per heavy atom. The Labute approximate surface area is 98.2 Å². The molecule has 1 fully saturated rings. The molecule has 0 aromatic heterocycles. The maximum Gasteiger partial charge on any atom is 0.215 e. The highest BCUT2D eigenvalue weighted by atomic mass is 32.2. The van der Waals surface area contributed by atoms with Crippen molar-refractivity contribution in [3.63, 3.8) is 0 Å². The number of ether oxygens (including phenoxy) is 1.